The molecule has 0 saturated carbocycles. The summed E-state index contributed by atoms with van der Waals surface area (Å²) in [5, 5.41) is 33.5. The Labute approximate surface area is 169 Å². The number of methoxy groups -OCH3 is 1. The van der Waals surface area contributed by atoms with Gasteiger partial charge in [0.15, 0.2) is 12.5 Å². The lowest BCUT2D eigenvalue weighted by Crippen LogP contribution is -2.46. The first-order chi connectivity index (χ1) is 12.9. The van der Waals surface area contributed by atoms with Gasteiger partial charge in [-0.1, -0.05) is 34.6 Å². The van der Waals surface area contributed by atoms with Crippen molar-refractivity contribution in [1.82, 2.24) is 5.01 Å². The molecule has 3 N–H and O–H groups in total. The van der Waals surface area contributed by atoms with Crippen LogP contribution >= 0.6 is 0 Å². The van der Waals surface area contributed by atoms with E-state index in [1.54, 1.807) is 13.8 Å². The van der Waals surface area contributed by atoms with E-state index in [0.29, 0.717) is 25.7 Å². The molecule has 0 aromatic heterocycles. The Balaban J connectivity index is 4.98. The van der Waals surface area contributed by atoms with Gasteiger partial charge in [0.05, 0.1) is 10.9 Å². The van der Waals surface area contributed by atoms with Gasteiger partial charge in [-0.15, -0.1) is 4.91 Å². The van der Waals surface area contributed by atoms with Crippen molar-refractivity contribution in [2.75, 3.05) is 7.11 Å². The highest BCUT2D eigenvalue weighted by molar-refractivity contribution is 5.86. The maximum absolute atomic E-state index is 11.2. The molecule has 8 nitrogen and oxygen atoms in total. The van der Waals surface area contributed by atoms with E-state index in [2.05, 4.69) is 5.29 Å². The van der Waals surface area contributed by atoms with E-state index in [1.807, 2.05) is 27.7 Å². The lowest BCUT2D eigenvalue weighted by atomic mass is 9.79. The molecule has 0 aliphatic rings. The van der Waals surface area contributed by atoms with Crippen molar-refractivity contribution < 1.29 is 19.7 Å². The van der Waals surface area contributed by atoms with Crippen molar-refractivity contribution in [3.63, 3.8) is 0 Å². The molecule has 0 aromatic carbocycles. The monoisotopic (exact) mass is 401 g/mol. The second kappa shape index (κ2) is 12.2. The van der Waals surface area contributed by atoms with E-state index in [1.165, 1.54) is 7.11 Å². The van der Waals surface area contributed by atoms with Crippen LogP contribution in [-0.4, -0.2) is 52.4 Å². The fraction of sp³-hybridized carbons (Fsp3) is 0.900. The van der Waals surface area contributed by atoms with Gasteiger partial charge in [0.2, 0.25) is 0 Å². The highest BCUT2D eigenvalue weighted by atomic mass is 16.5. The van der Waals surface area contributed by atoms with Crippen LogP contribution in [0.15, 0.2) is 5.29 Å². The minimum Gasteiger partial charge on any atom is -0.390 e. The van der Waals surface area contributed by atoms with Crippen LogP contribution in [0.3, 0.4) is 0 Å². The van der Waals surface area contributed by atoms with E-state index in [-0.39, 0.29) is 23.5 Å². The van der Waals surface area contributed by atoms with Crippen molar-refractivity contribution in [3.8, 4) is 0 Å². The van der Waals surface area contributed by atoms with Crippen LogP contribution in [0, 0.1) is 34.0 Å². The minimum absolute atomic E-state index is 0.0502. The summed E-state index contributed by atoms with van der Waals surface area (Å²) in [6.45, 7) is 10.9. The molecule has 0 spiro atoms. The molecule has 3 unspecified atom stereocenters. The number of carbonyl (C=O) groups is 1. The van der Waals surface area contributed by atoms with Crippen LogP contribution < -0.4 is 0 Å². The standard InChI is InChI=1S/C20H39N3O5/c1-8-17(28-7)23(22-27)19(25)16(5)18(21)15(4)11-20(6,26)10-13(2)9-14(3)12-24/h12-17,19,21,25-26H,8-11H2,1-7H3/t13-,14?,15+,16?,17+,19?,20-/m0/s1. The Morgan fingerprint density at radius 2 is 1.86 bits per heavy atom. The Kier molecular flexibility index (Phi) is 11.6. The molecule has 0 aliphatic heterocycles. The third-order valence-electron chi connectivity index (χ3n) is 5.29. The molecule has 0 amide bonds. The summed E-state index contributed by atoms with van der Waals surface area (Å²) < 4.78 is 5.17. The van der Waals surface area contributed by atoms with Gasteiger partial charge in [0, 0.05) is 24.7 Å². The first-order valence-corrected chi connectivity index (χ1v) is 10.0. The van der Waals surface area contributed by atoms with Crippen molar-refractivity contribution >= 4 is 12.0 Å². The van der Waals surface area contributed by atoms with Crippen molar-refractivity contribution in [2.45, 2.75) is 85.3 Å². The van der Waals surface area contributed by atoms with Gasteiger partial charge in [-0.2, -0.15) is 0 Å². The van der Waals surface area contributed by atoms with E-state index in [9.17, 15) is 19.9 Å². The molecule has 28 heavy (non-hydrogen) atoms. The maximum atomic E-state index is 11.2. The van der Waals surface area contributed by atoms with Crippen LogP contribution in [0.1, 0.15) is 67.2 Å². The average molecular weight is 402 g/mol. The molecule has 7 atom stereocenters. The number of nitroso groups, excluding NO2 is 1. The minimum atomic E-state index is -1.28. The van der Waals surface area contributed by atoms with Gasteiger partial charge in [-0.3, -0.25) is 0 Å². The summed E-state index contributed by atoms with van der Waals surface area (Å²) in [5.74, 6) is -0.834. The van der Waals surface area contributed by atoms with E-state index in [0.717, 1.165) is 11.3 Å². The summed E-state index contributed by atoms with van der Waals surface area (Å²) in [6.07, 6.45) is 0.998. The zero-order valence-electron chi connectivity index (χ0n) is 18.4. The maximum Gasteiger partial charge on any atom is 0.156 e. The molecule has 8 heteroatoms. The fourth-order valence-corrected chi connectivity index (χ4v) is 3.95. The molecule has 0 aliphatic carbocycles. The Morgan fingerprint density at radius 1 is 1.29 bits per heavy atom. The molecule has 0 fully saturated rings. The SMILES string of the molecule is CC[C@@H](OC)N(N=O)C(O)C(C)C(=N)[C@H](C)C[C@@](C)(O)C[C@@H](C)CC(C)C=O. The number of nitrogens with zero attached hydrogens (tertiary/aromatic N) is 2. The largest absolute Gasteiger partial charge is 0.390 e. The number of carbonyl (C=O) groups excluding carboxylic acids is 1. The smallest absolute Gasteiger partial charge is 0.156 e. The Morgan fingerprint density at radius 3 is 2.29 bits per heavy atom. The second-order valence-corrected chi connectivity index (χ2v) is 8.48. The van der Waals surface area contributed by atoms with Gasteiger partial charge in [-0.05, 0) is 44.4 Å². The van der Waals surface area contributed by atoms with Crippen molar-refractivity contribution in [2.24, 2.45) is 29.0 Å². The lowest BCUT2D eigenvalue weighted by Gasteiger charge is -2.35. The number of rotatable bonds is 15. The summed E-state index contributed by atoms with van der Waals surface area (Å²) in [4.78, 5) is 22.0. The number of nitrogens with one attached hydrogen (secondary N) is 1. The fourth-order valence-electron chi connectivity index (χ4n) is 3.95. The third kappa shape index (κ3) is 8.32. The number of hydrogen-bond acceptors (Lipinski definition) is 7. The number of aliphatic hydroxyl groups excluding tert-OH is 1. The lowest BCUT2D eigenvalue weighted by molar-refractivity contribution is -0.130. The van der Waals surface area contributed by atoms with E-state index in [4.69, 9.17) is 10.1 Å². The van der Waals surface area contributed by atoms with E-state index < -0.39 is 24.0 Å². The summed E-state index contributed by atoms with van der Waals surface area (Å²) in [6, 6.07) is 0. The average Bonchev–Trinajstić information content (AvgIpc) is 2.62. The molecular formula is C20H39N3O5. The van der Waals surface area contributed by atoms with Crippen LogP contribution in [0.4, 0.5) is 0 Å². The van der Waals surface area contributed by atoms with Crippen LogP contribution in [-0.2, 0) is 9.53 Å². The highest BCUT2D eigenvalue weighted by Gasteiger charge is 2.34. The second-order valence-electron chi connectivity index (χ2n) is 8.48. The Bertz CT molecular complexity index is 496. The molecule has 0 bridgehead atoms. The number of ether oxygens (including phenoxy) is 1. The van der Waals surface area contributed by atoms with Gasteiger partial charge >= 0.3 is 0 Å². The third-order valence-corrected chi connectivity index (χ3v) is 5.29. The van der Waals surface area contributed by atoms with Crippen LogP contribution in [0.2, 0.25) is 0 Å². The quantitative estimate of drug-likeness (QED) is 0.127. The van der Waals surface area contributed by atoms with E-state index >= 15 is 0 Å². The molecule has 0 heterocycles. The highest BCUT2D eigenvalue weighted by Crippen LogP contribution is 2.30. The number of aliphatic hydroxyl groups is 2. The van der Waals surface area contributed by atoms with Crippen LogP contribution in [0.25, 0.3) is 0 Å². The van der Waals surface area contributed by atoms with Crippen molar-refractivity contribution in [3.05, 3.63) is 4.91 Å². The Hall–Kier alpha value is -1.38. The van der Waals surface area contributed by atoms with Crippen LogP contribution in [0.5, 0.6) is 0 Å². The van der Waals surface area contributed by atoms with Gasteiger partial charge < -0.3 is 25.2 Å². The molecule has 0 radical (unpaired) electrons. The number of hydrogen-bond donors (Lipinski definition) is 3. The molecule has 164 valence electrons. The first kappa shape index (κ1) is 26.6. The summed E-state index contributed by atoms with van der Waals surface area (Å²) >= 11 is 0. The molecule has 0 saturated heterocycles. The molecule has 0 aromatic rings. The molecule has 0 rings (SSSR count). The first-order valence-electron chi connectivity index (χ1n) is 10.0. The van der Waals surface area contributed by atoms with Crippen molar-refractivity contribution in [1.29, 1.82) is 5.41 Å². The zero-order chi connectivity index (χ0) is 22.1. The topological polar surface area (TPSA) is 123 Å². The van der Waals surface area contributed by atoms with Gasteiger partial charge in [-0.25, -0.2) is 5.01 Å². The van der Waals surface area contributed by atoms with Gasteiger partial charge in [0.1, 0.15) is 6.29 Å². The predicted octanol–water partition coefficient (Wildman–Crippen LogP) is 3.36. The molecular weight excluding hydrogens is 362 g/mol. The summed E-state index contributed by atoms with van der Waals surface area (Å²) in [5.41, 5.74) is -0.763. The zero-order valence-corrected chi connectivity index (χ0v) is 18.4. The predicted molar refractivity (Wildman–Crippen MR) is 110 cm³/mol. The number of aldehydes is 1. The summed E-state index contributed by atoms with van der Waals surface area (Å²) in [7, 11) is 1.43. The normalized spacial score (nSPS) is 20.2. The van der Waals surface area contributed by atoms with Gasteiger partial charge in [0.25, 0.3) is 0 Å².